The van der Waals surface area contributed by atoms with Crippen molar-refractivity contribution in [2.45, 2.75) is 180 Å². The highest BCUT2D eigenvalue weighted by atomic mass is 31.2. The molecule has 0 saturated carbocycles. The van der Waals surface area contributed by atoms with Crippen LogP contribution in [-0.4, -0.2) is 73.4 Å². The van der Waals surface area contributed by atoms with Gasteiger partial charge in [-0.05, 0) is 38.5 Å². The van der Waals surface area contributed by atoms with Crippen LogP contribution in [0.25, 0.3) is 0 Å². The summed E-state index contributed by atoms with van der Waals surface area (Å²) in [5.74, 6) is -0.155. The number of rotatable bonds is 34. The zero-order valence-electron chi connectivity index (χ0n) is 30.8. The average Bonchev–Trinajstić information content (AvgIpc) is 2.99. The summed E-state index contributed by atoms with van der Waals surface area (Å²) in [4.78, 5) is 22.9. The topological polar surface area (TPSA) is 105 Å². The average molecular weight is 676 g/mol. The fraction of sp³-hybridized carbons (Fsp3) is 0.919. The van der Waals surface area contributed by atoms with Crippen molar-refractivity contribution in [3.63, 3.8) is 0 Å². The fourth-order valence-corrected chi connectivity index (χ4v) is 6.13. The van der Waals surface area contributed by atoms with Crippen molar-refractivity contribution in [2.75, 3.05) is 40.9 Å². The van der Waals surface area contributed by atoms with Gasteiger partial charge in [-0.1, -0.05) is 135 Å². The third-order valence-corrected chi connectivity index (χ3v) is 9.50. The summed E-state index contributed by atoms with van der Waals surface area (Å²) >= 11 is 0. The van der Waals surface area contributed by atoms with E-state index >= 15 is 0 Å². The van der Waals surface area contributed by atoms with E-state index < -0.39 is 20.0 Å². The maximum absolute atomic E-state index is 12.7. The third-order valence-electron chi connectivity index (χ3n) is 8.51. The fourth-order valence-electron chi connectivity index (χ4n) is 5.39. The first kappa shape index (κ1) is 45.2. The van der Waals surface area contributed by atoms with Crippen LogP contribution in [0.5, 0.6) is 0 Å². The first-order valence-electron chi connectivity index (χ1n) is 19.1. The van der Waals surface area contributed by atoms with Gasteiger partial charge in [-0.25, -0.2) is 4.57 Å². The van der Waals surface area contributed by atoms with Crippen molar-refractivity contribution in [1.82, 2.24) is 5.32 Å². The van der Waals surface area contributed by atoms with E-state index in [9.17, 15) is 19.4 Å². The molecule has 8 nitrogen and oxygen atoms in total. The number of phosphoric acid groups is 1. The Balaban J connectivity index is 4.25. The molecule has 3 unspecified atom stereocenters. The second kappa shape index (κ2) is 30.3. The number of allylic oxidation sites excluding steroid dienone is 2. The van der Waals surface area contributed by atoms with E-state index in [-0.39, 0.29) is 19.1 Å². The molecule has 0 aromatic carbocycles. The molecule has 0 radical (unpaired) electrons. The minimum absolute atomic E-state index is 0.0744. The second-order valence-electron chi connectivity index (χ2n) is 14.3. The van der Waals surface area contributed by atoms with Gasteiger partial charge in [-0.3, -0.25) is 13.8 Å². The molecule has 0 aromatic heterocycles. The van der Waals surface area contributed by atoms with E-state index in [0.29, 0.717) is 23.9 Å². The third kappa shape index (κ3) is 31.8. The molecule has 274 valence electrons. The Morgan fingerprint density at radius 1 is 0.717 bits per heavy atom. The Kier molecular flexibility index (Phi) is 29.8. The van der Waals surface area contributed by atoms with Gasteiger partial charge in [0.05, 0.1) is 39.9 Å². The lowest BCUT2D eigenvalue weighted by molar-refractivity contribution is -0.870. The van der Waals surface area contributed by atoms with Crippen LogP contribution in [0.1, 0.15) is 168 Å². The van der Waals surface area contributed by atoms with Crippen LogP contribution in [0.2, 0.25) is 0 Å². The second-order valence-corrected chi connectivity index (χ2v) is 15.8. The first-order valence-corrected chi connectivity index (χ1v) is 20.5. The number of hydrogen-bond donors (Lipinski definition) is 3. The number of likely N-dealkylation sites (N-methyl/N-ethyl adjacent to an activating group) is 1. The van der Waals surface area contributed by atoms with Crippen LogP contribution < -0.4 is 5.32 Å². The number of aliphatic hydroxyl groups is 1. The Bertz CT molecular complexity index is 773. The van der Waals surface area contributed by atoms with Gasteiger partial charge < -0.3 is 19.8 Å². The lowest BCUT2D eigenvalue weighted by Gasteiger charge is -2.26. The summed E-state index contributed by atoms with van der Waals surface area (Å²) < 4.78 is 23.4. The molecular weight excluding hydrogens is 599 g/mol. The van der Waals surface area contributed by atoms with Gasteiger partial charge in [0.2, 0.25) is 5.91 Å². The number of carbonyl (C=O) groups excluding carboxylic acids is 1. The highest BCUT2D eigenvalue weighted by molar-refractivity contribution is 7.47. The molecule has 1 amide bonds. The molecule has 0 aliphatic heterocycles. The predicted molar refractivity (Wildman–Crippen MR) is 194 cm³/mol. The van der Waals surface area contributed by atoms with E-state index in [1.165, 1.54) is 103 Å². The molecule has 0 heterocycles. The number of quaternary nitrogens is 1. The van der Waals surface area contributed by atoms with E-state index in [1.54, 1.807) is 0 Å². The summed E-state index contributed by atoms with van der Waals surface area (Å²) in [7, 11) is 1.61. The molecule has 3 atom stereocenters. The molecular formula is C37H76N2O6P+. The highest BCUT2D eigenvalue weighted by Crippen LogP contribution is 2.43. The normalized spacial score (nSPS) is 14.8. The Hall–Kier alpha value is -0.760. The standard InChI is InChI=1S/C37H75N2O6P/c1-6-8-10-12-14-15-16-17-18-19-20-21-22-23-24-25-27-29-31-37(41)38-35(36(40)30-28-26-13-11-9-7-2)34-45-46(42,43)44-33-32-39(3,4)5/h18-19,35-36,40H,6-17,20-34H2,1-5H3,(H-,38,41,42,43)/p+1/b19-18-. The van der Waals surface area contributed by atoms with E-state index in [0.717, 1.165) is 38.5 Å². The number of nitrogens with zero attached hydrogens (tertiary/aromatic N) is 1. The molecule has 0 saturated heterocycles. The maximum atomic E-state index is 12.7. The molecule has 46 heavy (non-hydrogen) atoms. The molecule has 9 heteroatoms. The summed E-state index contributed by atoms with van der Waals surface area (Å²) in [5, 5.41) is 13.7. The molecule has 0 aliphatic carbocycles. The van der Waals surface area contributed by atoms with Gasteiger partial charge >= 0.3 is 7.82 Å². The summed E-state index contributed by atoms with van der Waals surface area (Å²) in [5.41, 5.74) is 0. The Morgan fingerprint density at radius 2 is 1.17 bits per heavy atom. The van der Waals surface area contributed by atoms with Crippen LogP contribution in [0, 0.1) is 0 Å². The predicted octanol–water partition coefficient (Wildman–Crippen LogP) is 9.63. The smallest absolute Gasteiger partial charge is 0.391 e. The molecule has 0 fully saturated rings. The molecule has 0 spiro atoms. The van der Waals surface area contributed by atoms with Gasteiger partial charge in [0.15, 0.2) is 0 Å². The number of hydrogen-bond acceptors (Lipinski definition) is 5. The zero-order chi connectivity index (χ0) is 34.4. The molecule has 0 rings (SSSR count). The van der Waals surface area contributed by atoms with Crippen molar-refractivity contribution in [1.29, 1.82) is 0 Å². The van der Waals surface area contributed by atoms with Crippen molar-refractivity contribution in [3.05, 3.63) is 12.2 Å². The highest BCUT2D eigenvalue weighted by Gasteiger charge is 2.28. The molecule has 3 N–H and O–H groups in total. The van der Waals surface area contributed by atoms with Crippen molar-refractivity contribution in [3.8, 4) is 0 Å². The summed E-state index contributed by atoms with van der Waals surface area (Å²) in [6.07, 6.45) is 31.1. The summed E-state index contributed by atoms with van der Waals surface area (Å²) in [6.45, 7) is 4.80. The first-order chi connectivity index (χ1) is 22.0. The van der Waals surface area contributed by atoms with Gasteiger partial charge in [-0.2, -0.15) is 0 Å². The minimum Gasteiger partial charge on any atom is -0.391 e. The van der Waals surface area contributed by atoms with Gasteiger partial charge in [-0.15, -0.1) is 0 Å². The van der Waals surface area contributed by atoms with Crippen LogP contribution in [0.15, 0.2) is 12.2 Å². The molecule has 0 aromatic rings. The van der Waals surface area contributed by atoms with Crippen LogP contribution in [0.4, 0.5) is 0 Å². The van der Waals surface area contributed by atoms with Crippen molar-refractivity contribution in [2.24, 2.45) is 0 Å². The van der Waals surface area contributed by atoms with Gasteiger partial charge in [0, 0.05) is 6.42 Å². The van der Waals surface area contributed by atoms with Crippen LogP contribution in [0.3, 0.4) is 0 Å². The van der Waals surface area contributed by atoms with Crippen molar-refractivity contribution >= 4 is 13.7 Å². The Morgan fingerprint density at radius 3 is 1.67 bits per heavy atom. The van der Waals surface area contributed by atoms with Crippen LogP contribution in [-0.2, 0) is 18.4 Å². The van der Waals surface area contributed by atoms with Crippen molar-refractivity contribution < 1.29 is 32.9 Å². The number of nitrogens with one attached hydrogen (secondary N) is 1. The van der Waals surface area contributed by atoms with E-state index in [1.807, 2.05) is 21.1 Å². The number of unbranched alkanes of at least 4 members (excludes halogenated alkanes) is 19. The zero-order valence-corrected chi connectivity index (χ0v) is 31.7. The summed E-state index contributed by atoms with van der Waals surface area (Å²) in [6, 6.07) is -0.754. The van der Waals surface area contributed by atoms with E-state index in [4.69, 9.17) is 9.05 Å². The molecule has 0 bridgehead atoms. The van der Waals surface area contributed by atoms with Gasteiger partial charge in [0.1, 0.15) is 13.2 Å². The maximum Gasteiger partial charge on any atom is 0.472 e. The SMILES string of the molecule is CCCCCCCCC/C=C\CCCCCCCCCC(=O)NC(COP(=O)(O)OCC[N+](C)(C)C)C(O)CCCCCCCC. The van der Waals surface area contributed by atoms with Crippen LogP contribution >= 0.6 is 7.82 Å². The lowest BCUT2D eigenvalue weighted by Crippen LogP contribution is -2.46. The van der Waals surface area contributed by atoms with Gasteiger partial charge in [0.25, 0.3) is 0 Å². The monoisotopic (exact) mass is 676 g/mol. The van der Waals surface area contributed by atoms with E-state index in [2.05, 4.69) is 31.3 Å². The number of amides is 1. The Labute approximate surface area is 284 Å². The molecule has 0 aliphatic rings. The quantitative estimate of drug-likeness (QED) is 0.0272. The number of carbonyl (C=O) groups is 1. The number of phosphoric ester groups is 1. The number of aliphatic hydroxyl groups excluding tert-OH is 1. The minimum atomic E-state index is -4.29. The lowest BCUT2D eigenvalue weighted by atomic mass is 10.0. The largest absolute Gasteiger partial charge is 0.472 e.